The van der Waals surface area contributed by atoms with Gasteiger partial charge in [-0.1, -0.05) is 18.2 Å². The maximum absolute atomic E-state index is 12.3. The predicted molar refractivity (Wildman–Crippen MR) is 106 cm³/mol. The van der Waals surface area contributed by atoms with E-state index >= 15 is 0 Å². The van der Waals surface area contributed by atoms with Gasteiger partial charge in [-0.3, -0.25) is 9.69 Å². The first-order valence-electron chi connectivity index (χ1n) is 9.92. The molecule has 5 nitrogen and oxygen atoms in total. The Morgan fingerprint density at radius 3 is 2.70 bits per heavy atom. The normalized spacial score (nSPS) is 20.9. The number of likely N-dealkylation sites (tertiary alicyclic amines) is 1. The Balaban J connectivity index is 1.38. The minimum atomic E-state index is 0.0622. The summed E-state index contributed by atoms with van der Waals surface area (Å²) in [6.45, 7) is 5.14. The van der Waals surface area contributed by atoms with Crippen LogP contribution < -0.4 is 4.74 Å². The summed E-state index contributed by atoms with van der Waals surface area (Å²) in [6, 6.07) is 12.6. The lowest BCUT2D eigenvalue weighted by Gasteiger charge is -2.33. The van der Waals surface area contributed by atoms with Gasteiger partial charge in [0.15, 0.2) is 0 Å². The van der Waals surface area contributed by atoms with Gasteiger partial charge >= 0.3 is 0 Å². The number of benzene rings is 2. The van der Waals surface area contributed by atoms with Crippen molar-refractivity contribution in [2.24, 2.45) is 0 Å². The summed E-state index contributed by atoms with van der Waals surface area (Å²) >= 11 is 0. The highest BCUT2D eigenvalue weighted by Crippen LogP contribution is 2.28. The van der Waals surface area contributed by atoms with Gasteiger partial charge in [-0.2, -0.15) is 0 Å². The second-order valence-corrected chi connectivity index (χ2v) is 7.47. The Kier molecular flexibility index (Phi) is 5.60. The molecule has 27 heavy (non-hydrogen) atoms. The van der Waals surface area contributed by atoms with Crippen molar-refractivity contribution in [3.8, 4) is 5.75 Å². The number of morpholine rings is 1. The number of hydrogen-bond acceptors (Lipinski definition) is 4. The van der Waals surface area contributed by atoms with E-state index in [0.29, 0.717) is 18.9 Å². The molecule has 5 heteroatoms. The van der Waals surface area contributed by atoms with Crippen LogP contribution in [0.1, 0.15) is 30.9 Å². The summed E-state index contributed by atoms with van der Waals surface area (Å²) < 4.78 is 11.3. The molecule has 0 aromatic heterocycles. The standard InChI is InChI=1S/C22H28N2O3/c1-26-20-7-6-17-14-19(5-4-18(17)15-20)21-16-23(12-13-27-21)11-8-22(25)24-9-2-3-10-24/h4-7,14-15,21H,2-3,8-13,16H2,1H3. The monoisotopic (exact) mass is 368 g/mol. The van der Waals surface area contributed by atoms with Crippen molar-refractivity contribution in [2.45, 2.75) is 25.4 Å². The summed E-state index contributed by atoms with van der Waals surface area (Å²) in [5, 5.41) is 2.36. The number of amides is 1. The van der Waals surface area contributed by atoms with E-state index in [0.717, 1.165) is 51.3 Å². The molecule has 1 amide bonds. The Hall–Kier alpha value is -2.11. The number of methoxy groups -OCH3 is 1. The molecule has 2 aliphatic heterocycles. The topological polar surface area (TPSA) is 42.0 Å². The van der Waals surface area contributed by atoms with Crippen LogP contribution in [-0.2, 0) is 9.53 Å². The quantitative estimate of drug-likeness (QED) is 0.813. The molecule has 2 saturated heterocycles. The second-order valence-electron chi connectivity index (χ2n) is 7.47. The fourth-order valence-electron chi connectivity index (χ4n) is 4.06. The van der Waals surface area contributed by atoms with Crippen LogP contribution in [0.15, 0.2) is 36.4 Å². The third-order valence-electron chi connectivity index (χ3n) is 5.69. The third kappa shape index (κ3) is 4.25. The zero-order chi connectivity index (χ0) is 18.6. The Labute approximate surface area is 160 Å². The average molecular weight is 368 g/mol. The SMILES string of the molecule is COc1ccc2cc(C3CN(CCC(=O)N4CCCC4)CCO3)ccc2c1. The minimum absolute atomic E-state index is 0.0622. The maximum atomic E-state index is 12.3. The van der Waals surface area contributed by atoms with E-state index in [1.807, 2.05) is 11.0 Å². The molecule has 4 rings (SSSR count). The third-order valence-corrected chi connectivity index (χ3v) is 5.69. The average Bonchev–Trinajstić information content (AvgIpc) is 3.26. The molecular formula is C22H28N2O3. The largest absolute Gasteiger partial charge is 0.497 e. The molecule has 0 saturated carbocycles. The predicted octanol–water partition coefficient (Wildman–Crippen LogP) is 3.23. The van der Waals surface area contributed by atoms with E-state index in [-0.39, 0.29) is 6.10 Å². The van der Waals surface area contributed by atoms with Gasteiger partial charge in [0.05, 0.1) is 19.8 Å². The lowest BCUT2D eigenvalue weighted by molar-refractivity contribution is -0.131. The molecule has 2 aliphatic rings. The smallest absolute Gasteiger partial charge is 0.223 e. The first kappa shape index (κ1) is 18.3. The van der Waals surface area contributed by atoms with Gasteiger partial charge in [-0.15, -0.1) is 0 Å². The molecule has 2 aromatic rings. The zero-order valence-electron chi connectivity index (χ0n) is 16.0. The van der Waals surface area contributed by atoms with Gasteiger partial charge in [-0.25, -0.2) is 0 Å². The van der Waals surface area contributed by atoms with Crippen LogP contribution in [0.3, 0.4) is 0 Å². The van der Waals surface area contributed by atoms with Crippen molar-refractivity contribution < 1.29 is 14.3 Å². The first-order chi connectivity index (χ1) is 13.2. The van der Waals surface area contributed by atoms with Gasteiger partial charge in [0.25, 0.3) is 0 Å². The molecule has 2 aromatic carbocycles. The van der Waals surface area contributed by atoms with Crippen molar-refractivity contribution in [1.29, 1.82) is 0 Å². The highest BCUT2D eigenvalue weighted by Gasteiger charge is 2.24. The van der Waals surface area contributed by atoms with Crippen LogP contribution in [0.2, 0.25) is 0 Å². The fourth-order valence-corrected chi connectivity index (χ4v) is 4.06. The van der Waals surface area contributed by atoms with Gasteiger partial charge < -0.3 is 14.4 Å². The summed E-state index contributed by atoms with van der Waals surface area (Å²) in [4.78, 5) is 16.7. The van der Waals surface area contributed by atoms with Crippen LogP contribution >= 0.6 is 0 Å². The van der Waals surface area contributed by atoms with Gasteiger partial charge in [0.2, 0.25) is 5.91 Å². The molecular weight excluding hydrogens is 340 g/mol. The van der Waals surface area contributed by atoms with E-state index in [9.17, 15) is 4.79 Å². The number of carbonyl (C=O) groups excluding carboxylic acids is 1. The minimum Gasteiger partial charge on any atom is -0.497 e. The van der Waals surface area contributed by atoms with Gasteiger partial charge in [0.1, 0.15) is 5.75 Å². The molecule has 2 fully saturated rings. The molecule has 1 unspecified atom stereocenters. The summed E-state index contributed by atoms with van der Waals surface area (Å²) in [5.74, 6) is 1.17. The fraction of sp³-hybridized carbons (Fsp3) is 0.500. The van der Waals surface area contributed by atoms with Crippen LogP contribution in [0.25, 0.3) is 10.8 Å². The number of nitrogens with zero attached hydrogens (tertiary/aromatic N) is 2. The Bertz CT molecular complexity index is 801. The molecule has 144 valence electrons. The van der Waals surface area contributed by atoms with E-state index < -0.39 is 0 Å². The number of carbonyl (C=O) groups is 1. The highest BCUT2D eigenvalue weighted by molar-refractivity contribution is 5.84. The number of fused-ring (bicyclic) bond motifs is 1. The highest BCUT2D eigenvalue weighted by atomic mass is 16.5. The summed E-state index contributed by atoms with van der Waals surface area (Å²) in [7, 11) is 1.69. The molecule has 0 aliphatic carbocycles. The van der Waals surface area contributed by atoms with Crippen LogP contribution in [0, 0.1) is 0 Å². The molecule has 2 heterocycles. The molecule has 0 N–H and O–H groups in total. The van der Waals surface area contributed by atoms with E-state index in [1.54, 1.807) is 7.11 Å². The number of rotatable bonds is 5. The van der Waals surface area contributed by atoms with E-state index in [1.165, 1.54) is 16.3 Å². The zero-order valence-corrected chi connectivity index (χ0v) is 16.0. The van der Waals surface area contributed by atoms with Gasteiger partial charge in [0, 0.05) is 39.1 Å². The summed E-state index contributed by atoms with van der Waals surface area (Å²) in [6.07, 6.45) is 2.98. The molecule has 0 spiro atoms. The van der Waals surface area contributed by atoms with Crippen LogP contribution in [0.4, 0.5) is 0 Å². The van der Waals surface area contributed by atoms with Crippen molar-refractivity contribution in [3.05, 3.63) is 42.0 Å². The van der Waals surface area contributed by atoms with Gasteiger partial charge in [-0.05, 0) is 47.4 Å². The van der Waals surface area contributed by atoms with Crippen molar-refractivity contribution >= 4 is 16.7 Å². The number of hydrogen-bond donors (Lipinski definition) is 0. The van der Waals surface area contributed by atoms with E-state index in [2.05, 4.69) is 35.2 Å². The maximum Gasteiger partial charge on any atom is 0.223 e. The molecule has 0 bridgehead atoms. The number of ether oxygens (including phenoxy) is 2. The summed E-state index contributed by atoms with van der Waals surface area (Å²) in [5.41, 5.74) is 1.20. The van der Waals surface area contributed by atoms with E-state index in [4.69, 9.17) is 9.47 Å². The Morgan fingerprint density at radius 1 is 1.11 bits per heavy atom. The lowest BCUT2D eigenvalue weighted by atomic mass is 10.0. The van der Waals surface area contributed by atoms with Crippen LogP contribution in [0.5, 0.6) is 5.75 Å². The van der Waals surface area contributed by atoms with Crippen LogP contribution in [-0.4, -0.2) is 62.1 Å². The lowest BCUT2D eigenvalue weighted by Crippen LogP contribution is -2.40. The van der Waals surface area contributed by atoms with Crippen molar-refractivity contribution in [3.63, 3.8) is 0 Å². The van der Waals surface area contributed by atoms with Crippen molar-refractivity contribution in [1.82, 2.24) is 9.80 Å². The van der Waals surface area contributed by atoms with Crippen molar-refractivity contribution in [2.75, 3.05) is 46.4 Å². The Morgan fingerprint density at radius 2 is 1.89 bits per heavy atom. The first-order valence-corrected chi connectivity index (χ1v) is 9.92. The molecule has 1 atom stereocenters. The molecule has 0 radical (unpaired) electrons. The second kappa shape index (κ2) is 8.28.